The molecule has 2 saturated heterocycles. The summed E-state index contributed by atoms with van der Waals surface area (Å²) in [6.45, 7) is 2.12. The van der Waals surface area contributed by atoms with E-state index in [0.29, 0.717) is 12.5 Å². The van der Waals surface area contributed by atoms with Crippen LogP contribution in [0.1, 0.15) is 44.9 Å². The number of halogens is 1. The van der Waals surface area contributed by atoms with E-state index in [2.05, 4.69) is 15.6 Å². The van der Waals surface area contributed by atoms with E-state index in [1.165, 1.54) is 19.3 Å². The molecule has 26 heavy (non-hydrogen) atoms. The summed E-state index contributed by atoms with van der Waals surface area (Å²) < 4.78 is 0. The summed E-state index contributed by atoms with van der Waals surface area (Å²) in [6.07, 6.45) is 7.59. The number of nitrogens with one attached hydrogen (secondary N) is 2. The third-order valence-electron chi connectivity index (χ3n) is 5.69. The van der Waals surface area contributed by atoms with Crippen molar-refractivity contribution in [1.82, 2.24) is 15.5 Å². The number of hydrogen-bond acceptors (Lipinski definition) is 4. The van der Waals surface area contributed by atoms with E-state index in [1.54, 1.807) is 18.8 Å². The van der Waals surface area contributed by atoms with E-state index < -0.39 is 5.60 Å². The first-order chi connectivity index (χ1) is 12.1. The number of nitrogens with zero attached hydrogens (tertiary/aromatic N) is 2. The molecule has 0 aromatic rings. The molecule has 0 bridgehead atoms. The van der Waals surface area contributed by atoms with E-state index >= 15 is 0 Å². The smallest absolute Gasteiger partial charge is 0.225 e. The average molecular weight is 496 g/mol. The number of aliphatic imine (C=N–C) groups is 1. The number of likely N-dealkylation sites (tertiary alicyclic amines) is 1. The van der Waals surface area contributed by atoms with Gasteiger partial charge in [0.25, 0.3) is 0 Å². The number of hydrogen-bond donors (Lipinski definition) is 3. The highest BCUT2D eigenvalue weighted by molar-refractivity contribution is 14.0. The molecular weight excluding hydrogens is 463 g/mol. The second-order valence-electron chi connectivity index (χ2n) is 7.70. The second-order valence-corrected chi connectivity index (χ2v) is 8.81. The summed E-state index contributed by atoms with van der Waals surface area (Å²) in [7, 11) is 1.75. The predicted octanol–water partition coefficient (Wildman–Crippen LogP) is 1.82. The zero-order valence-corrected chi connectivity index (χ0v) is 18.9. The number of guanidine groups is 1. The van der Waals surface area contributed by atoms with Gasteiger partial charge in [-0.25, -0.2) is 0 Å². The molecule has 1 aliphatic carbocycles. The minimum absolute atomic E-state index is 0. The lowest BCUT2D eigenvalue weighted by Crippen LogP contribution is -2.50. The summed E-state index contributed by atoms with van der Waals surface area (Å²) in [5.41, 5.74) is -0.624. The van der Waals surface area contributed by atoms with Gasteiger partial charge in [0.2, 0.25) is 5.91 Å². The van der Waals surface area contributed by atoms with Crippen LogP contribution in [0.5, 0.6) is 0 Å². The van der Waals surface area contributed by atoms with Crippen LogP contribution in [0, 0.1) is 5.92 Å². The summed E-state index contributed by atoms with van der Waals surface area (Å²) >= 11 is 1.80. The van der Waals surface area contributed by atoms with Gasteiger partial charge in [-0.15, -0.1) is 24.0 Å². The highest BCUT2D eigenvalue weighted by atomic mass is 127. The molecule has 2 atom stereocenters. The first kappa shape index (κ1) is 22.1. The van der Waals surface area contributed by atoms with Crippen LogP contribution in [0.2, 0.25) is 0 Å². The average Bonchev–Trinajstić information content (AvgIpc) is 3.28. The molecule has 2 aliphatic heterocycles. The van der Waals surface area contributed by atoms with Gasteiger partial charge in [0, 0.05) is 44.4 Å². The lowest BCUT2D eigenvalue weighted by atomic mass is 9.88. The van der Waals surface area contributed by atoms with Crippen molar-refractivity contribution in [2.75, 3.05) is 38.2 Å². The zero-order valence-electron chi connectivity index (χ0n) is 15.7. The Kier molecular flexibility index (Phi) is 8.79. The number of thioether (sulfide) groups is 1. The molecule has 3 fully saturated rings. The van der Waals surface area contributed by atoms with Crippen LogP contribution in [0.25, 0.3) is 0 Å². The fraction of sp³-hybridized carbons (Fsp3) is 0.889. The molecule has 0 aromatic carbocycles. The Morgan fingerprint density at radius 2 is 2.08 bits per heavy atom. The molecule has 2 unspecified atom stereocenters. The van der Waals surface area contributed by atoms with Gasteiger partial charge in [-0.05, 0) is 31.4 Å². The number of carbonyl (C=O) groups excluding carboxylic acids is 1. The van der Waals surface area contributed by atoms with Gasteiger partial charge in [-0.1, -0.05) is 19.3 Å². The Hall–Kier alpha value is -0.220. The zero-order chi connectivity index (χ0) is 17.7. The van der Waals surface area contributed by atoms with Crippen molar-refractivity contribution in [1.29, 1.82) is 0 Å². The molecule has 3 N–H and O–H groups in total. The number of carbonyl (C=O) groups is 1. The molecule has 0 aromatic heterocycles. The van der Waals surface area contributed by atoms with Crippen molar-refractivity contribution in [3.05, 3.63) is 0 Å². The molecule has 3 rings (SSSR count). The van der Waals surface area contributed by atoms with Gasteiger partial charge >= 0.3 is 0 Å². The highest BCUT2D eigenvalue weighted by Gasteiger charge is 2.33. The van der Waals surface area contributed by atoms with E-state index in [-0.39, 0.29) is 35.9 Å². The Bertz CT molecular complexity index is 494. The fourth-order valence-corrected chi connectivity index (χ4v) is 5.35. The first-order valence-corrected chi connectivity index (χ1v) is 10.8. The lowest BCUT2D eigenvalue weighted by molar-refractivity contribution is -0.135. The minimum Gasteiger partial charge on any atom is -0.387 e. The largest absolute Gasteiger partial charge is 0.387 e. The van der Waals surface area contributed by atoms with Crippen molar-refractivity contribution in [3.8, 4) is 0 Å². The first-order valence-electron chi connectivity index (χ1n) is 9.66. The lowest BCUT2D eigenvalue weighted by Gasteiger charge is -2.27. The van der Waals surface area contributed by atoms with E-state index in [1.807, 2.05) is 4.90 Å². The van der Waals surface area contributed by atoms with Crippen LogP contribution in [0.4, 0.5) is 0 Å². The minimum atomic E-state index is -0.624. The van der Waals surface area contributed by atoms with Crippen LogP contribution in [0.15, 0.2) is 4.99 Å². The van der Waals surface area contributed by atoms with Crippen LogP contribution in [-0.2, 0) is 4.79 Å². The normalized spacial score (nSPS) is 30.2. The molecule has 0 radical (unpaired) electrons. The Balaban J connectivity index is 0.00000243. The van der Waals surface area contributed by atoms with Crippen molar-refractivity contribution in [2.24, 2.45) is 10.9 Å². The van der Waals surface area contributed by atoms with Crippen molar-refractivity contribution in [3.63, 3.8) is 0 Å². The van der Waals surface area contributed by atoms with Crippen LogP contribution >= 0.6 is 35.7 Å². The van der Waals surface area contributed by atoms with E-state index in [0.717, 1.165) is 56.2 Å². The maximum atomic E-state index is 12.7. The highest BCUT2D eigenvalue weighted by Crippen LogP contribution is 2.27. The van der Waals surface area contributed by atoms with Crippen LogP contribution in [0.3, 0.4) is 0 Å². The Labute approximate surface area is 178 Å². The van der Waals surface area contributed by atoms with E-state index in [9.17, 15) is 9.90 Å². The molecule has 3 aliphatic rings. The Morgan fingerprint density at radius 1 is 1.31 bits per heavy atom. The summed E-state index contributed by atoms with van der Waals surface area (Å²) in [5.74, 6) is 3.13. The van der Waals surface area contributed by atoms with Gasteiger partial charge in [0.1, 0.15) is 0 Å². The molecule has 1 saturated carbocycles. The number of aliphatic hydroxyl groups is 1. The third kappa shape index (κ3) is 5.89. The summed E-state index contributed by atoms with van der Waals surface area (Å²) in [5, 5.41) is 17.1. The van der Waals surface area contributed by atoms with Gasteiger partial charge in [0.05, 0.1) is 5.60 Å². The molecule has 0 spiro atoms. The fourth-order valence-electron chi connectivity index (χ4n) is 4.06. The maximum Gasteiger partial charge on any atom is 0.225 e. The summed E-state index contributed by atoms with van der Waals surface area (Å²) in [6, 6.07) is 0.242. The van der Waals surface area contributed by atoms with Crippen LogP contribution < -0.4 is 10.6 Å². The summed E-state index contributed by atoms with van der Waals surface area (Å²) in [4.78, 5) is 19.0. The van der Waals surface area contributed by atoms with Crippen molar-refractivity contribution < 1.29 is 9.90 Å². The van der Waals surface area contributed by atoms with Crippen molar-refractivity contribution in [2.45, 2.75) is 56.6 Å². The second kappa shape index (κ2) is 10.4. The van der Waals surface area contributed by atoms with Crippen LogP contribution in [-0.4, -0.2) is 71.7 Å². The van der Waals surface area contributed by atoms with Crippen molar-refractivity contribution >= 4 is 47.6 Å². The van der Waals surface area contributed by atoms with E-state index in [4.69, 9.17) is 0 Å². The standard InChI is InChI=1S/C18H32N4O2S.HI/c1-19-17(20-12-18(24)8-10-25-13-18)21-15-7-9-22(11-15)16(23)14-5-3-2-4-6-14;/h14-15,24H,2-13H2,1H3,(H2,19,20,21);1H. The molecule has 8 heteroatoms. The number of amides is 1. The molecule has 1 amide bonds. The maximum absolute atomic E-state index is 12.7. The predicted molar refractivity (Wildman–Crippen MR) is 118 cm³/mol. The topological polar surface area (TPSA) is 77.0 Å². The molecule has 150 valence electrons. The van der Waals surface area contributed by atoms with Gasteiger partial charge in [0.15, 0.2) is 5.96 Å². The molecular formula is C18H33IN4O2S. The monoisotopic (exact) mass is 496 g/mol. The van der Waals surface area contributed by atoms with Gasteiger partial charge in [-0.2, -0.15) is 11.8 Å². The van der Waals surface area contributed by atoms with Gasteiger partial charge in [-0.3, -0.25) is 9.79 Å². The Morgan fingerprint density at radius 3 is 2.73 bits per heavy atom. The number of rotatable bonds is 4. The quantitative estimate of drug-likeness (QED) is 0.315. The van der Waals surface area contributed by atoms with Gasteiger partial charge < -0.3 is 20.6 Å². The molecule has 2 heterocycles. The SMILES string of the molecule is CN=C(NCC1(O)CCSC1)NC1CCN(C(=O)C2CCCCC2)C1.I. The molecule has 6 nitrogen and oxygen atoms in total. The third-order valence-corrected chi connectivity index (χ3v) is 6.92.